The first-order chi connectivity index (χ1) is 9.91. The SMILES string of the molecule is CC(c1ccccc1Cl)N(C)C(=O)c1cc(Cl)ccc1I. The number of hydrogen-bond donors (Lipinski definition) is 0. The molecule has 0 aliphatic rings. The second-order valence-corrected chi connectivity index (χ2v) is 6.74. The highest BCUT2D eigenvalue weighted by molar-refractivity contribution is 14.1. The third-order valence-corrected chi connectivity index (χ3v) is 4.94. The molecule has 0 fully saturated rings. The maximum Gasteiger partial charge on any atom is 0.255 e. The molecule has 2 aromatic carbocycles. The molecule has 1 atom stereocenters. The molecule has 0 saturated heterocycles. The molecule has 0 radical (unpaired) electrons. The third kappa shape index (κ3) is 3.71. The first kappa shape index (κ1) is 16.6. The van der Waals surface area contributed by atoms with Gasteiger partial charge < -0.3 is 4.90 Å². The number of hydrogen-bond acceptors (Lipinski definition) is 1. The van der Waals surface area contributed by atoms with Crippen molar-refractivity contribution in [3.63, 3.8) is 0 Å². The van der Waals surface area contributed by atoms with Gasteiger partial charge in [0.2, 0.25) is 0 Å². The molecule has 0 saturated carbocycles. The van der Waals surface area contributed by atoms with E-state index in [-0.39, 0.29) is 11.9 Å². The first-order valence-electron chi connectivity index (χ1n) is 6.38. The van der Waals surface area contributed by atoms with Gasteiger partial charge in [-0.1, -0.05) is 41.4 Å². The van der Waals surface area contributed by atoms with Crippen molar-refractivity contribution in [3.8, 4) is 0 Å². The summed E-state index contributed by atoms with van der Waals surface area (Å²) in [5, 5.41) is 1.21. The summed E-state index contributed by atoms with van der Waals surface area (Å²) in [5.41, 5.74) is 1.52. The van der Waals surface area contributed by atoms with Gasteiger partial charge in [0.05, 0.1) is 11.6 Å². The van der Waals surface area contributed by atoms with Gasteiger partial charge in [0, 0.05) is 20.7 Å². The summed E-state index contributed by atoms with van der Waals surface area (Å²) < 4.78 is 0.875. The lowest BCUT2D eigenvalue weighted by Gasteiger charge is -2.26. The maximum atomic E-state index is 12.7. The van der Waals surface area contributed by atoms with Crippen LogP contribution < -0.4 is 0 Å². The molecule has 0 heterocycles. The monoisotopic (exact) mass is 433 g/mol. The van der Waals surface area contributed by atoms with Gasteiger partial charge in [-0.05, 0) is 59.3 Å². The second-order valence-electron chi connectivity index (χ2n) is 4.74. The minimum atomic E-state index is -0.124. The molecule has 1 unspecified atom stereocenters. The van der Waals surface area contributed by atoms with E-state index >= 15 is 0 Å². The van der Waals surface area contributed by atoms with Crippen molar-refractivity contribution in [1.29, 1.82) is 0 Å². The molecule has 110 valence electrons. The predicted molar refractivity (Wildman–Crippen MR) is 96.1 cm³/mol. The van der Waals surface area contributed by atoms with Crippen LogP contribution in [0.5, 0.6) is 0 Å². The Morgan fingerprint density at radius 2 is 1.86 bits per heavy atom. The smallest absolute Gasteiger partial charge is 0.255 e. The van der Waals surface area contributed by atoms with Gasteiger partial charge >= 0.3 is 0 Å². The minimum Gasteiger partial charge on any atom is -0.335 e. The number of carbonyl (C=O) groups is 1. The zero-order chi connectivity index (χ0) is 15.6. The minimum absolute atomic E-state index is 0.0747. The first-order valence-corrected chi connectivity index (χ1v) is 8.22. The molecule has 21 heavy (non-hydrogen) atoms. The van der Waals surface area contributed by atoms with E-state index in [1.807, 2.05) is 37.3 Å². The average Bonchev–Trinajstić information content (AvgIpc) is 2.48. The number of rotatable bonds is 3. The fourth-order valence-electron chi connectivity index (χ4n) is 2.05. The largest absolute Gasteiger partial charge is 0.335 e. The molecule has 5 heteroatoms. The van der Waals surface area contributed by atoms with Gasteiger partial charge in [-0.25, -0.2) is 0 Å². The summed E-state index contributed by atoms with van der Waals surface area (Å²) in [5.74, 6) is -0.0747. The molecular weight excluding hydrogens is 420 g/mol. The standard InChI is InChI=1S/C16H14Cl2INO/c1-10(12-5-3-4-6-14(12)18)20(2)16(21)13-9-11(17)7-8-15(13)19/h3-10H,1-2H3. The van der Waals surface area contributed by atoms with E-state index in [9.17, 15) is 4.79 Å². The van der Waals surface area contributed by atoms with E-state index in [0.717, 1.165) is 9.13 Å². The van der Waals surface area contributed by atoms with Crippen molar-refractivity contribution in [1.82, 2.24) is 4.90 Å². The summed E-state index contributed by atoms with van der Waals surface area (Å²) in [6, 6.07) is 12.7. The molecule has 0 bridgehead atoms. The number of benzene rings is 2. The highest BCUT2D eigenvalue weighted by atomic mass is 127. The Kier molecular flexibility index (Phi) is 5.52. The predicted octanol–water partition coefficient (Wildman–Crippen LogP) is 5.43. The molecule has 1 amide bonds. The quantitative estimate of drug-likeness (QED) is 0.591. The molecule has 2 nitrogen and oxygen atoms in total. The summed E-state index contributed by atoms with van der Waals surface area (Å²) in [6.07, 6.45) is 0. The van der Waals surface area contributed by atoms with Crippen LogP contribution in [0.4, 0.5) is 0 Å². The van der Waals surface area contributed by atoms with E-state index in [0.29, 0.717) is 15.6 Å². The highest BCUT2D eigenvalue weighted by Gasteiger charge is 2.22. The van der Waals surface area contributed by atoms with Crippen molar-refractivity contribution < 1.29 is 4.79 Å². The Balaban J connectivity index is 2.31. The van der Waals surface area contributed by atoms with Crippen LogP contribution in [-0.2, 0) is 0 Å². The summed E-state index contributed by atoms with van der Waals surface area (Å²) >= 11 is 14.3. The molecule has 0 N–H and O–H groups in total. The fraction of sp³-hybridized carbons (Fsp3) is 0.188. The average molecular weight is 434 g/mol. The van der Waals surface area contributed by atoms with Gasteiger partial charge in [-0.3, -0.25) is 4.79 Å². The Morgan fingerprint density at radius 3 is 2.52 bits per heavy atom. The Morgan fingerprint density at radius 1 is 1.19 bits per heavy atom. The molecule has 2 rings (SSSR count). The van der Waals surface area contributed by atoms with Crippen LogP contribution in [0.2, 0.25) is 10.0 Å². The van der Waals surface area contributed by atoms with Crippen LogP contribution in [0.3, 0.4) is 0 Å². The van der Waals surface area contributed by atoms with Crippen LogP contribution in [-0.4, -0.2) is 17.9 Å². The van der Waals surface area contributed by atoms with Gasteiger partial charge in [0.1, 0.15) is 0 Å². The molecular formula is C16H14Cl2INO. The van der Waals surface area contributed by atoms with E-state index < -0.39 is 0 Å². The van der Waals surface area contributed by atoms with Crippen molar-refractivity contribution in [2.24, 2.45) is 0 Å². The van der Waals surface area contributed by atoms with Crippen LogP contribution in [0, 0.1) is 3.57 Å². The van der Waals surface area contributed by atoms with E-state index in [4.69, 9.17) is 23.2 Å². The molecule has 0 aliphatic heterocycles. The zero-order valence-electron chi connectivity index (χ0n) is 11.6. The van der Waals surface area contributed by atoms with Crippen LogP contribution in [0.25, 0.3) is 0 Å². The summed E-state index contributed by atoms with van der Waals surface area (Å²) in [6.45, 7) is 1.95. The normalized spacial score (nSPS) is 12.0. The summed E-state index contributed by atoms with van der Waals surface area (Å²) in [7, 11) is 1.77. The Bertz CT molecular complexity index is 675. The van der Waals surface area contributed by atoms with Crippen LogP contribution in [0.1, 0.15) is 28.9 Å². The summed E-state index contributed by atoms with van der Waals surface area (Å²) in [4.78, 5) is 14.3. The van der Waals surface area contributed by atoms with E-state index in [1.165, 1.54) is 0 Å². The lowest BCUT2D eigenvalue weighted by Crippen LogP contribution is -2.30. The van der Waals surface area contributed by atoms with Gasteiger partial charge in [0.15, 0.2) is 0 Å². The van der Waals surface area contributed by atoms with Crippen LogP contribution >= 0.6 is 45.8 Å². The Labute approximate surface area is 148 Å². The van der Waals surface area contributed by atoms with E-state index in [1.54, 1.807) is 24.1 Å². The fourth-order valence-corrected chi connectivity index (χ4v) is 3.08. The number of carbonyl (C=O) groups excluding carboxylic acids is 1. The van der Waals surface area contributed by atoms with Crippen molar-refractivity contribution in [3.05, 3.63) is 67.2 Å². The molecule has 0 aliphatic carbocycles. The highest BCUT2D eigenvalue weighted by Crippen LogP contribution is 2.28. The Hall–Kier alpha value is -0.780. The van der Waals surface area contributed by atoms with Crippen molar-refractivity contribution in [2.45, 2.75) is 13.0 Å². The van der Waals surface area contributed by atoms with Gasteiger partial charge in [-0.2, -0.15) is 0 Å². The van der Waals surface area contributed by atoms with Crippen LogP contribution in [0.15, 0.2) is 42.5 Å². The van der Waals surface area contributed by atoms with Gasteiger partial charge in [-0.15, -0.1) is 0 Å². The second kappa shape index (κ2) is 6.99. The molecule has 0 aromatic heterocycles. The topological polar surface area (TPSA) is 20.3 Å². The van der Waals surface area contributed by atoms with Crippen molar-refractivity contribution in [2.75, 3.05) is 7.05 Å². The lowest BCUT2D eigenvalue weighted by molar-refractivity contribution is 0.0741. The maximum absolute atomic E-state index is 12.7. The number of nitrogens with zero attached hydrogens (tertiary/aromatic N) is 1. The van der Waals surface area contributed by atoms with Gasteiger partial charge in [0.25, 0.3) is 5.91 Å². The lowest BCUT2D eigenvalue weighted by atomic mass is 10.1. The zero-order valence-corrected chi connectivity index (χ0v) is 15.3. The molecule has 2 aromatic rings. The van der Waals surface area contributed by atoms with E-state index in [2.05, 4.69) is 22.6 Å². The number of halogens is 3. The number of amides is 1. The third-order valence-electron chi connectivity index (χ3n) is 3.42. The molecule has 0 spiro atoms. The van der Waals surface area contributed by atoms with Crippen molar-refractivity contribution >= 4 is 51.7 Å².